The Bertz CT molecular complexity index is 1020. The maximum atomic E-state index is 13.0. The number of fused-ring (bicyclic) bond motifs is 2. The number of pyridine rings is 1. The smallest absolute Gasteiger partial charge is 0.274 e. The van der Waals surface area contributed by atoms with E-state index in [4.69, 9.17) is 0 Å². The van der Waals surface area contributed by atoms with Gasteiger partial charge in [0.15, 0.2) is 0 Å². The Morgan fingerprint density at radius 3 is 3.03 bits per heavy atom. The molecule has 2 atom stereocenters. The number of β-amino-alcohol motifs (C(OH)–C–C–N with tert-alkyl or cyclic N) is 1. The number of nitrogens with zero attached hydrogens (tertiary/aromatic N) is 4. The molecule has 5 rings (SSSR count). The van der Waals surface area contributed by atoms with Gasteiger partial charge in [0, 0.05) is 62.8 Å². The highest BCUT2D eigenvalue weighted by Gasteiger charge is 2.35. The third-order valence-electron chi connectivity index (χ3n) is 6.05. The minimum Gasteiger partial charge on any atom is -0.391 e. The summed E-state index contributed by atoms with van der Waals surface area (Å²) in [4.78, 5) is 23.8. The highest BCUT2D eigenvalue weighted by molar-refractivity contribution is 5.92. The Hall–Kier alpha value is -2.77. The molecule has 2 aromatic heterocycles. The van der Waals surface area contributed by atoms with Crippen molar-refractivity contribution in [3.8, 4) is 0 Å². The van der Waals surface area contributed by atoms with Crippen molar-refractivity contribution in [1.82, 2.24) is 24.8 Å². The van der Waals surface area contributed by atoms with Crippen LogP contribution < -0.4 is 5.32 Å². The van der Waals surface area contributed by atoms with E-state index in [2.05, 4.69) is 25.9 Å². The first-order chi connectivity index (χ1) is 14.2. The molecular weight excluding hydrogens is 366 g/mol. The van der Waals surface area contributed by atoms with Gasteiger partial charge in [-0.3, -0.25) is 9.78 Å². The lowest BCUT2D eigenvalue weighted by Gasteiger charge is -2.15. The van der Waals surface area contributed by atoms with Crippen LogP contribution in [0.5, 0.6) is 0 Å². The van der Waals surface area contributed by atoms with Crippen molar-refractivity contribution < 1.29 is 9.90 Å². The summed E-state index contributed by atoms with van der Waals surface area (Å²) in [6.45, 7) is 3.50. The highest BCUT2D eigenvalue weighted by Crippen LogP contribution is 2.26. The second kappa shape index (κ2) is 7.57. The van der Waals surface area contributed by atoms with E-state index < -0.39 is 6.10 Å². The van der Waals surface area contributed by atoms with Crippen molar-refractivity contribution in [2.45, 2.75) is 25.5 Å². The molecule has 1 amide bonds. The van der Waals surface area contributed by atoms with Crippen molar-refractivity contribution in [2.75, 3.05) is 26.2 Å². The number of carbonyl (C=O) groups is 1. The second-order valence-electron chi connectivity index (χ2n) is 7.96. The van der Waals surface area contributed by atoms with Gasteiger partial charge in [0.25, 0.3) is 5.91 Å². The minimum atomic E-state index is -0.532. The van der Waals surface area contributed by atoms with Gasteiger partial charge in [-0.05, 0) is 24.1 Å². The second-order valence-corrected chi connectivity index (χ2v) is 7.96. The van der Waals surface area contributed by atoms with Crippen LogP contribution in [0.15, 0.2) is 42.7 Å². The molecule has 1 saturated heterocycles. The molecule has 2 aliphatic rings. The number of para-hydroxylation sites is 1. The largest absolute Gasteiger partial charge is 0.391 e. The lowest BCUT2D eigenvalue weighted by molar-refractivity contribution is 0.0759. The van der Waals surface area contributed by atoms with Crippen LogP contribution >= 0.6 is 0 Å². The van der Waals surface area contributed by atoms with Crippen LogP contribution in [-0.2, 0) is 19.4 Å². The first kappa shape index (κ1) is 18.3. The summed E-state index contributed by atoms with van der Waals surface area (Å²) in [6, 6.07) is 10.1. The SMILES string of the molecule is O=C(c1cn2c(n1)CCNCC2)N1C[C@@H](Cc2ccnc3ccccc23)[C@@H](O)C1. The summed E-state index contributed by atoms with van der Waals surface area (Å²) in [6.07, 6.45) is 4.69. The molecule has 7 heteroatoms. The number of aromatic nitrogens is 3. The number of amides is 1. The maximum absolute atomic E-state index is 13.0. The maximum Gasteiger partial charge on any atom is 0.274 e. The van der Waals surface area contributed by atoms with Gasteiger partial charge in [0.2, 0.25) is 0 Å². The molecule has 1 aromatic carbocycles. The highest BCUT2D eigenvalue weighted by atomic mass is 16.3. The number of nitrogens with one attached hydrogen (secondary N) is 1. The average Bonchev–Trinajstić information content (AvgIpc) is 3.24. The summed E-state index contributed by atoms with van der Waals surface area (Å²) in [5.74, 6) is 0.881. The zero-order chi connectivity index (χ0) is 19.8. The number of likely N-dealkylation sites (tertiary alicyclic amines) is 1. The van der Waals surface area contributed by atoms with E-state index in [0.717, 1.165) is 54.8 Å². The summed E-state index contributed by atoms with van der Waals surface area (Å²) in [5.41, 5.74) is 2.61. The number of rotatable bonds is 3. The lowest BCUT2D eigenvalue weighted by atomic mass is 9.94. The molecule has 4 heterocycles. The number of carbonyl (C=O) groups excluding carboxylic acids is 1. The fraction of sp³-hybridized carbons (Fsp3) is 0.409. The summed E-state index contributed by atoms with van der Waals surface area (Å²) < 4.78 is 2.07. The van der Waals surface area contributed by atoms with Crippen LogP contribution in [0.3, 0.4) is 0 Å². The van der Waals surface area contributed by atoms with Crippen LogP contribution in [0, 0.1) is 5.92 Å². The number of aliphatic hydroxyl groups is 1. The topological polar surface area (TPSA) is 83.3 Å². The minimum absolute atomic E-state index is 0.00870. The van der Waals surface area contributed by atoms with Crippen LogP contribution in [0.25, 0.3) is 10.9 Å². The molecular formula is C22H25N5O2. The van der Waals surface area contributed by atoms with Gasteiger partial charge in [-0.25, -0.2) is 4.98 Å². The molecule has 3 aromatic rings. The Labute approximate surface area is 169 Å². The van der Waals surface area contributed by atoms with Crippen LogP contribution in [0.1, 0.15) is 21.9 Å². The molecule has 0 saturated carbocycles. The third kappa shape index (κ3) is 3.52. The Morgan fingerprint density at radius 2 is 2.10 bits per heavy atom. The number of hydrogen-bond donors (Lipinski definition) is 2. The van der Waals surface area contributed by atoms with E-state index in [-0.39, 0.29) is 11.8 Å². The van der Waals surface area contributed by atoms with Gasteiger partial charge in [0.1, 0.15) is 11.5 Å². The van der Waals surface area contributed by atoms with Crippen molar-refractivity contribution in [1.29, 1.82) is 0 Å². The number of benzene rings is 1. The number of hydrogen-bond acceptors (Lipinski definition) is 5. The Kier molecular flexibility index (Phi) is 4.77. The standard InChI is InChI=1S/C22H25N5O2/c28-20-14-27(22(29)19-13-26-10-9-23-7-6-21(26)25-19)12-16(20)11-15-5-8-24-18-4-2-1-3-17(15)18/h1-5,8,13,16,20,23,28H,6-7,9-12,14H2/t16-,20+/m1/s1. The summed E-state index contributed by atoms with van der Waals surface area (Å²) in [7, 11) is 0. The summed E-state index contributed by atoms with van der Waals surface area (Å²) in [5, 5.41) is 15.1. The zero-order valence-electron chi connectivity index (χ0n) is 16.3. The monoisotopic (exact) mass is 391 g/mol. The van der Waals surface area contributed by atoms with E-state index in [1.54, 1.807) is 4.90 Å². The zero-order valence-corrected chi connectivity index (χ0v) is 16.3. The molecule has 29 heavy (non-hydrogen) atoms. The van der Waals surface area contributed by atoms with E-state index in [9.17, 15) is 9.90 Å². The van der Waals surface area contributed by atoms with Crippen molar-refractivity contribution in [3.05, 3.63) is 59.8 Å². The van der Waals surface area contributed by atoms with Crippen LogP contribution in [-0.4, -0.2) is 62.7 Å². The van der Waals surface area contributed by atoms with Gasteiger partial charge in [0.05, 0.1) is 11.6 Å². The molecule has 2 N–H and O–H groups in total. The quantitative estimate of drug-likeness (QED) is 0.702. The Morgan fingerprint density at radius 1 is 1.21 bits per heavy atom. The lowest BCUT2D eigenvalue weighted by Crippen LogP contribution is -2.30. The molecule has 2 aliphatic heterocycles. The van der Waals surface area contributed by atoms with Crippen LogP contribution in [0.2, 0.25) is 0 Å². The van der Waals surface area contributed by atoms with E-state index in [0.29, 0.717) is 18.8 Å². The van der Waals surface area contributed by atoms with Gasteiger partial charge in [-0.15, -0.1) is 0 Å². The van der Waals surface area contributed by atoms with Crippen molar-refractivity contribution in [2.24, 2.45) is 5.92 Å². The first-order valence-corrected chi connectivity index (χ1v) is 10.3. The van der Waals surface area contributed by atoms with E-state index in [1.807, 2.05) is 36.7 Å². The number of imidazole rings is 1. The van der Waals surface area contributed by atoms with Gasteiger partial charge in [-0.1, -0.05) is 18.2 Å². The molecule has 0 bridgehead atoms. The van der Waals surface area contributed by atoms with Crippen molar-refractivity contribution >= 4 is 16.8 Å². The normalized spacial score (nSPS) is 21.9. The van der Waals surface area contributed by atoms with Gasteiger partial charge >= 0.3 is 0 Å². The molecule has 7 nitrogen and oxygen atoms in total. The molecule has 0 unspecified atom stereocenters. The molecule has 0 aliphatic carbocycles. The number of aliphatic hydroxyl groups excluding tert-OH is 1. The predicted octanol–water partition coefficient (Wildman–Crippen LogP) is 1.25. The van der Waals surface area contributed by atoms with E-state index in [1.165, 1.54) is 0 Å². The predicted molar refractivity (Wildman–Crippen MR) is 110 cm³/mol. The molecule has 0 radical (unpaired) electrons. The van der Waals surface area contributed by atoms with E-state index >= 15 is 0 Å². The average molecular weight is 391 g/mol. The first-order valence-electron chi connectivity index (χ1n) is 10.3. The van der Waals surface area contributed by atoms with Crippen molar-refractivity contribution in [3.63, 3.8) is 0 Å². The van der Waals surface area contributed by atoms with Gasteiger partial charge < -0.3 is 19.9 Å². The summed E-state index contributed by atoms with van der Waals surface area (Å²) >= 11 is 0. The fourth-order valence-electron chi connectivity index (χ4n) is 4.47. The molecule has 150 valence electrons. The molecule has 0 spiro atoms. The fourth-order valence-corrected chi connectivity index (χ4v) is 4.47. The van der Waals surface area contributed by atoms with Crippen LogP contribution in [0.4, 0.5) is 0 Å². The molecule has 1 fully saturated rings. The van der Waals surface area contributed by atoms with Gasteiger partial charge in [-0.2, -0.15) is 0 Å². The Balaban J connectivity index is 1.32. The third-order valence-corrected chi connectivity index (χ3v) is 6.05.